The smallest absolute Gasteiger partial charge is 0.127 e. The molecule has 2 N–H and O–H groups in total. The Morgan fingerprint density at radius 1 is 1.32 bits per heavy atom. The third-order valence-electron chi connectivity index (χ3n) is 4.36. The molecule has 1 heterocycles. The largest absolute Gasteiger partial charge is 0.496 e. The van der Waals surface area contributed by atoms with Gasteiger partial charge in [-0.05, 0) is 63.9 Å². The molecule has 106 valence electrons. The van der Waals surface area contributed by atoms with Crippen molar-refractivity contribution < 1.29 is 4.74 Å². The fraction of sp³-hybridized carbons (Fsp3) is 0.625. The lowest BCUT2D eigenvalue weighted by atomic mass is 9.90. The van der Waals surface area contributed by atoms with Gasteiger partial charge < -0.3 is 15.4 Å². The molecule has 19 heavy (non-hydrogen) atoms. The van der Waals surface area contributed by atoms with Crippen LogP contribution >= 0.6 is 0 Å². The van der Waals surface area contributed by atoms with Crippen molar-refractivity contribution in [1.82, 2.24) is 10.6 Å². The van der Waals surface area contributed by atoms with Crippen molar-refractivity contribution in [2.45, 2.75) is 45.7 Å². The summed E-state index contributed by atoms with van der Waals surface area (Å²) in [5, 5.41) is 7.08. The minimum atomic E-state index is 0.316. The lowest BCUT2D eigenvalue weighted by Gasteiger charge is -2.28. The van der Waals surface area contributed by atoms with E-state index in [1.807, 2.05) is 7.05 Å². The van der Waals surface area contributed by atoms with Crippen LogP contribution in [0.5, 0.6) is 5.75 Å². The monoisotopic (exact) mass is 262 g/mol. The Hall–Kier alpha value is -1.06. The Labute approximate surface area is 116 Å². The molecule has 2 rings (SSSR count). The number of nitrogens with one attached hydrogen (secondary N) is 2. The van der Waals surface area contributed by atoms with E-state index in [-0.39, 0.29) is 0 Å². The molecule has 0 aromatic heterocycles. The van der Waals surface area contributed by atoms with E-state index in [1.165, 1.54) is 35.1 Å². The predicted octanol–water partition coefficient (Wildman–Crippen LogP) is 2.63. The summed E-state index contributed by atoms with van der Waals surface area (Å²) in [5.41, 5.74) is 5.18. The zero-order chi connectivity index (χ0) is 14.0. The maximum absolute atomic E-state index is 5.71. The van der Waals surface area contributed by atoms with Gasteiger partial charge in [0.2, 0.25) is 0 Å². The number of methoxy groups -OCH3 is 1. The number of hydrogen-bond acceptors (Lipinski definition) is 3. The van der Waals surface area contributed by atoms with Gasteiger partial charge in [-0.15, -0.1) is 0 Å². The Morgan fingerprint density at radius 3 is 2.58 bits per heavy atom. The standard InChI is InChI=1S/C16H26N2O/c1-10-9-11(2)14(16(19-5)12(10)3)15(17-4)13-7-6-8-18-13/h9,13,15,17-18H,6-8H2,1-5H3. The van der Waals surface area contributed by atoms with E-state index < -0.39 is 0 Å². The van der Waals surface area contributed by atoms with Gasteiger partial charge in [-0.3, -0.25) is 0 Å². The molecule has 2 unspecified atom stereocenters. The highest BCUT2D eigenvalue weighted by atomic mass is 16.5. The highest BCUT2D eigenvalue weighted by molar-refractivity contribution is 5.51. The SMILES string of the molecule is CNC(c1c(C)cc(C)c(C)c1OC)C1CCCN1. The Balaban J connectivity index is 2.49. The van der Waals surface area contributed by atoms with Gasteiger partial charge in [0.05, 0.1) is 13.2 Å². The highest BCUT2D eigenvalue weighted by Crippen LogP contribution is 2.36. The summed E-state index contributed by atoms with van der Waals surface area (Å²) in [6.07, 6.45) is 2.48. The molecule has 2 atom stereocenters. The first-order valence-corrected chi connectivity index (χ1v) is 7.15. The molecule has 3 nitrogen and oxygen atoms in total. The number of benzene rings is 1. The molecule has 0 amide bonds. The van der Waals surface area contributed by atoms with Gasteiger partial charge in [0, 0.05) is 11.6 Å². The second kappa shape index (κ2) is 5.93. The van der Waals surface area contributed by atoms with E-state index in [9.17, 15) is 0 Å². The summed E-state index contributed by atoms with van der Waals surface area (Å²) < 4.78 is 5.71. The molecular weight excluding hydrogens is 236 g/mol. The van der Waals surface area contributed by atoms with Crippen LogP contribution in [-0.4, -0.2) is 26.7 Å². The van der Waals surface area contributed by atoms with Crippen LogP contribution < -0.4 is 15.4 Å². The maximum atomic E-state index is 5.71. The summed E-state index contributed by atoms with van der Waals surface area (Å²) in [7, 11) is 3.82. The molecule has 0 spiro atoms. The Morgan fingerprint density at radius 2 is 2.05 bits per heavy atom. The molecule has 0 radical (unpaired) electrons. The van der Waals surface area contributed by atoms with Crippen LogP contribution in [-0.2, 0) is 0 Å². The molecule has 1 aliphatic heterocycles. The molecule has 1 fully saturated rings. The van der Waals surface area contributed by atoms with Crippen molar-refractivity contribution in [2.75, 3.05) is 20.7 Å². The molecular formula is C16H26N2O. The first-order valence-electron chi connectivity index (χ1n) is 7.15. The summed E-state index contributed by atoms with van der Waals surface area (Å²) >= 11 is 0. The molecule has 1 aromatic carbocycles. The maximum Gasteiger partial charge on any atom is 0.127 e. The number of aryl methyl sites for hydroxylation is 2. The van der Waals surface area contributed by atoms with Gasteiger partial charge in [-0.2, -0.15) is 0 Å². The second-order valence-electron chi connectivity index (χ2n) is 5.55. The van der Waals surface area contributed by atoms with Gasteiger partial charge >= 0.3 is 0 Å². The van der Waals surface area contributed by atoms with E-state index in [0.29, 0.717) is 12.1 Å². The lowest BCUT2D eigenvalue weighted by molar-refractivity contribution is 0.379. The number of rotatable bonds is 4. The van der Waals surface area contributed by atoms with Crippen LogP contribution in [0.3, 0.4) is 0 Å². The molecule has 1 aliphatic rings. The quantitative estimate of drug-likeness (QED) is 0.875. The van der Waals surface area contributed by atoms with Crippen molar-refractivity contribution >= 4 is 0 Å². The van der Waals surface area contributed by atoms with Crippen molar-refractivity contribution in [3.8, 4) is 5.75 Å². The van der Waals surface area contributed by atoms with E-state index in [2.05, 4.69) is 37.5 Å². The molecule has 1 saturated heterocycles. The fourth-order valence-corrected chi connectivity index (χ4v) is 3.26. The molecule has 0 saturated carbocycles. The minimum absolute atomic E-state index is 0.316. The van der Waals surface area contributed by atoms with Crippen LogP contribution in [0.25, 0.3) is 0 Å². The third-order valence-corrected chi connectivity index (χ3v) is 4.36. The van der Waals surface area contributed by atoms with Crippen LogP contribution in [0.2, 0.25) is 0 Å². The zero-order valence-electron chi connectivity index (χ0n) is 12.8. The lowest BCUT2D eigenvalue weighted by Crippen LogP contribution is -2.37. The second-order valence-corrected chi connectivity index (χ2v) is 5.55. The van der Waals surface area contributed by atoms with Crippen LogP contribution in [0.4, 0.5) is 0 Å². The van der Waals surface area contributed by atoms with Crippen LogP contribution in [0.15, 0.2) is 6.07 Å². The van der Waals surface area contributed by atoms with E-state index in [0.717, 1.165) is 12.3 Å². The third kappa shape index (κ3) is 2.63. The molecule has 0 aliphatic carbocycles. The topological polar surface area (TPSA) is 33.3 Å². The molecule has 0 bridgehead atoms. The normalized spacial score (nSPS) is 20.6. The predicted molar refractivity (Wildman–Crippen MR) is 80.0 cm³/mol. The van der Waals surface area contributed by atoms with Crippen molar-refractivity contribution in [1.29, 1.82) is 0 Å². The first-order chi connectivity index (χ1) is 9.10. The van der Waals surface area contributed by atoms with E-state index >= 15 is 0 Å². The molecule has 3 heteroatoms. The average molecular weight is 262 g/mol. The Bertz CT molecular complexity index is 451. The number of hydrogen-bond donors (Lipinski definition) is 2. The number of ether oxygens (including phenoxy) is 1. The van der Waals surface area contributed by atoms with Gasteiger partial charge in [-0.25, -0.2) is 0 Å². The molecule has 1 aromatic rings. The zero-order valence-corrected chi connectivity index (χ0v) is 12.8. The van der Waals surface area contributed by atoms with Gasteiger partial charge in [0.1, 0.15) is 5.75 Å². The van der Waals surface area contributed by atoms with Crippen LogP contribution in [0, 0.1) is 20.8 Å². The number of likely N-dealkylation sites (N-methyl/N-ethyl adjacent to an activating group) is 1. The van der Waals surface area contributed by atoms with Gasteiger partial charge in [0.25, 0.3) is 0 Å². The van der Waals surface area contributed by atoms with Gasteiger partial charge in [0.15, 0.2) is 0 Å². The highest BCUT2D eigenvalue weighted by Gasteiger charge is 2.29. The summed E-state index contributed by atoms with van der Waals surface area (Å²) in [5.74, 6) is 1.05. The first kappa shape index (κ1) is 14.4. The van der Waals surface area contributed by atoms with Crippen LogP contribution in [0.1, 0.15) is 41.1 Å². The van der Waals surface area contributed by atoms with Crippen molar-refractivity contribution in [3.63, 3.8) is 0 Å². The average Bonchev–Trinajstić information content (AvgIpc) is 2.90. The van der Waals surface area contributed by atoms with E-state index in [4.69, 9.17) is 4.74 Å². The van der Waals surface area contributed by atoms with Gasteiger partial charge in [-0.1, -0.05) is 6.07 Å². The van der Waals surface area contributed by atoms with Crippen molar-refractivity contribution in [2.24, 2.45) is 0 Å². The Kier molecular flexibility index (Phi) is 4.48. The fourth-order valence-electron chi connectivity index (χ4n) is 3.26. The summed E-state index contributed by atoms with van der Waals surface area (Å²) in [6, 6.07) is 3.09. The summed E-state index contributed by atoms with van der Waals surface area (Å²) in [4.78, 5) is 0. The van der Waals surface area contributed by atoms with Crippen molar-refractivity contribution in [3.05, 3.63) is 28.3 Å². The minimum Gasteiger partial charge on any atom is -0.496 e. The summed E-state index contributed by atoms with van der Waals surface area (Å²) in [6.45, 7) is 7.60. The van der Waals surface area contributed by atoms with E-state index in [1.54, 1.807) is 7.11 Å².